The number of anilines is 1. The third kappa shape index (κ3) is 7.41. The topological polar surface area (TPSA) is 119 Å². The summed E-state index contributed by atoms with van der Waals surface area (Å²) in [5.41, 5.74) is -2.86. The Balaban J connectivity index is 1.21. The largest absolute Gasteiger partial charge is 0.461 e. The van der Waals surface area contributed by atoms with Crippen molar-refractivity contribution in [1.29, 1.82) is 0 Å². The Bertz CT molecular complexity index is 2550. The van der Waals surface area contributed by atoms with Gasteiger partial charge in [0.25, 0.3) is 0 Å². The zero-order valence-corrected chi connectivity index (χ0v) is 33.3. The second-order valence-corrected chi connectivity index (χ2v) is 16.8. The lowest BCUT2D eigenvalue weighted by Gasteiger charge is -2.41. The summed E-state index contributed by atoms with van der Waals surface area (Å²) < 4.78 is 91.9. The summed E-state index contributed by atoms with van der Waals surface area (Å²) in [6, 6.07) is 10.9. The van der Waals surface area contributed by atoms with Crippen molar-refractivity contribution in [2.24, 2.45) is 0 Å². The molecule has 5 aliphatic heterocycles. The van der Waals surface area contributed by atoms with Crippen LogP contribution in [0, 0.1) is 5.82 Å². The molecule has 7 heterocycles. The SMILES string of the molecule is C[C@@]12CCCN(C1)c1nc(OC[C@@]34CCCN3C[C@H](F)C4)nc3c(F)c(ncc13)-c1cc(OC(=O)c3c(Cl)cccc3C(F)(F)F)cc3cccc(c13)CCCOC(=O)N2. The van der Waals surface area contributed by atoms with Gasteiger partial charge in [0.1, 0.15) is 35.6 Å². The number of esters is 1. The van der Waals surface area contributed by atoms with Crippen molar-refractivity contribution in [2.45, 2.75) is 75.3 Å². The Labute approximate surface area is 346 Å². The molecule has 3 atom stereocenters. The van der Waals surface area contributed by atoms with Gasteiger partial charge in [-0.05, 0) is 92.6 Å². The van der Waals surface area contributed by atoms with E-state index in [1.165, 1.54) is 18.3 Å². The highest BCUT2D eigenvalue weighted by atomic mass is 35.5. The quantitative estimate of drug-likeness (QED) is 0.104. The summed E-state index contributed by atoms with van der Waals surface area (Å²) in [5, 5.41) is 3.81. The summed E-state index contributed by atoms with van der Waals surface area (Å²) in [4.78, 5) is 44.7. The van der Waals surface area contributed by atoms with Gasteiger partial charge in [0.15, 0.2) is 5.82 Å². The molecule has 3 aromatic carbocycles. The molecule has 1 amide bonds. The maximum atomic E-state index is 17.6. The maximum Gasteiger partial charge on any atom is 0.417 e. The number of aromatic nitrogens is 3. The number of carbonyl (C=O) groups excluding carboxylic acids is 2. The molecule has 17 heteroatoms. The van der Waals surface area contributed by atoms with Crippen molar-refractivity contribution in [3.8, 4) is 23.0 Å². The van der Waals surface area contributed by atoms with Gasteiger partial charge < -0.3 is 24.4 Å². The summed E-state index contributed by atoms with van der Waals surface area (Å²) in [7, 11) is 0. The number of aryl methyl sites for hydroxylation is 1. The fraction of sp³-hybridized carbons (Fsp3) is 0.419. The minimum atomic E-state index is -4.91. The van der Waals surface area contributed by atoms with Crippen molar-refractivity contribution < 1.29 is 45.8 Å². The lowest BCUT2D eigenvalue weighted by molar-refractivity contribution is -0.138. The van der Waals surface area contributed by atoms with Crippen LogP contribution < -0.4 is 19.7 Å². The summed E-state index contributed by atoms with van der Waals surface area (Å²) in [5.74, 6) is -2.08. The van der Waals surface area contributed by atoms with E-state index in [1.807, 2.05) is 17.9 Å². The molecular formula is C43H40ClF5N6O5. The van der Waals surface area contributed by atoms with Gasteiger partial charge >= 0.3 is 24.2 Å². The normalized spacial score (nSPS) is 23.4. The highest BCUT2D eigenvalue weighted by Gasteiger charge is 2.49. The van der Waals surface area contributed by atoms with Crippen molar-refractivity contribution in [3.05, 3.63) is 82.3 Å². The Morgan fingerprint density at radius 2 is 1.90 bits per heavy atom. The Morgan fingerprint density at radius 1 is 1.08 bits per heavy atom. The number of pyridine rings is 1. The molecular weight excluding hydrogens is 811 g/mol. The number of fused-ring (bicyclic) bond motifs is 7. The fourth-order valence-electron chi connectivity index (χ4n) is 9.45. The number of carbonyl (C=O) groups is 2. The molecule has 3 saturated heterocycles. The predicted octanol–water partition coefficient (Wildman–Crippen LogP) is 8.86. The first-order valence-electron chi connectivity index (χ1n) is 19.9. The van der Waals surface area contributed by atoms with Crippen molar-refractivity contribution in [3.63, 3.8) is 0 Å². The predicted molar refractivity (Wildman–Crippen MR) is 213 cm³/mol. The monoisotopic (exact) mass is 850 g/mol. The van der Waals surface area contributed by atoms with E-state index in [4.69, 9.17) is 30.8 Å². The second kappa shape index (κ2) is 15.3. The van der Waals surface area contributed by atoms with Gasteiger partial charge in [-0.2, -0.15) is 23.1 Å². The first-order chi connectivity index (χ1) is 28.7. The highest BCUT2D eigenvalue weighted by Crippen LogP contribution is 2.43. The average molecular weight is 851 g/mol. The van der Waals surface area contributed by atoms with Crippen LogP contribution in [0.25, 0.3) is 32.9 Å². The Kier molecular flexibility index (Phi) is 10.2. The van der Waals surface area contributed by atoms with Gasteiger partial charge in [-0.25, -0.2) is 18.4 Å². The Morgan fingerprint density at radius 3 is 2.73 bits per heavy atom. The first kappa shape index (κ1) is 40.1. The van der Waals surface area contributed by atoms with E-state index in [2.05, 4.69) is 20.2 Å². The number of hydrogen-bond acceptors (Lipinski definition) is 10. The molecule has 0 spiro atoms. The standard InChI is InChI=1S/C43H40ClF5N6O5/c1-41-12-5-14-54(22-41)37-29-20-50-35(34(46)36(29)51-39(52-37)59-23-42-13-6-15-55(42)21-26(45)19-42)28-18-27(60-38(56)33-30(43(47,48)49)10-3-11-31(33)44)17-25-8-2-7-24(32(25)28)9-4-16-58-40(57)53-41/h2-3,7-8,10-11,17-18,20,26H,4-6,9,12-16,19,21-23H2,1H3,(H,53,57)/t26-,41-,42+/m1/s1. The van der Waals surface area contributed by atoms with Crippen LogP contribution in [0.3, 0.4) is 0 Å². The number of nitrogens with one attached hydrogen (secondary N) is 1. The highest BCUT2D eigenvalue weighted by molar-refractivity contribution is 6.33. The molecule has 6 bridgehead atoms. The number of rotatable bonds is 5. The van der Waals surface area contributed by atoms with Crippen LogP contribution in [0.5, 0.6) is 11.8 Å². The minimum absolute atomic E-state index is 0.0702. The van der Waals surface area contributed by atoms with Crippen LogP contribution in [0.4, 0.5) is 32.6 Å². The van der Waals surface area contributed by atoms with Gasteiger partial charge in [-0.3, -0.25) is 9.88 Å². The molecule has 11 nitrogen and oxygen atoms in total. The van der Waals surface area contributed by atoms with Gasteiger partial charge in [0.05, 0.1) is 39.2 Å². The third-order valence-electron chi connectivity index (χ3n) is 12.1. The van der Waals surface area contributed by atoms with E-state index < -0.39 is 57.5 Å². The molecule has 3 fully saturated rings. The van der Waals surface area contributed by atoms with E-state index >= 15 is 4.39 Å². The number of hydrogen-bond donors (Lipinski definition) is 1. The number of alkyl carbamates (subject to hydrolysis) is 1. The van der Waals surface area contributed by atoms with E-state index in [0.717, 1.165) is 37.6 Å². The fourth-order valence-corrected chi connectivity index (χ4v) is 9.70. The molecule has 60 heavy (non-hydrogen) atoms. The van der Waals surface area contributed by atoms with Crippen LogP contribution >= 0.6 is 11.6 Å². The van der Waals surface area contributed by atoms with E-state index in [0.29, 0.717) is 73.9 Å². The smallest absolute Gasteiger partial charge is 0.417 e. The van der Waals surface area contributed by atoms with Gasteiger partial charge in [0.2, 0.25) is 0 Å². The minimum Gasteiger partial charge on any atom is -0.461 e. The number of nitrogens with zero attached hydrogens (tertiary/aromatic N) is 5. The molecule has 5 aliphatic rings. The molecule has 0 saturated carbocycles. The summed E-state index contributed by atoms with van der Waals surface area (Å²) in [6.45, 7) is 3.92. The van der Waals surface area contributed by atoms with Crippen molar-refractivity contribution >= 4 is 51.2 Å². The molecule has 2 aromatic heterocycles. The van der Waals surface area contributed by atoms with Crippen LogP contribution in [-0.2, 0) is 17.3 Å². The maximum absolute atomic E-state index is 17.6. The zero-order valence-electron chi connectivity index (χ0n) is 32.5. The zero-order chi connectivity index (χ0) is 42.0. The number of halogens is 6. The summed E-state index contributed by atoms with van der Waals surface area (Å²) in [6.07, 6.45) is -1.08. The molecule has 314 valence electrons. The van der Waals surface area contributed by atoms with Crippen molar-refractivity contribution in [1.82, 2.24) is 25.2 Å². The third-order valence-corrected chi connectivity index (χ3v) is 12.4. The first-order valence-corrected chi connectivity index (χ1v) is 20.3. The van der Waals surface area contributed by atoms with Crippen LogP contribution in [0.2, 0.25) is 5.02 Å². The number of piperidine rings is 1. The van der Waals surface area contributed by atoms with Crippen LogP contribution in [-0.4, -0.2) is 88.6 Å². The molecule has 5 aromatic rings. The summed E-state index contributed by atoms with van der Waals surface area (Å²) >= 11 is 6.14. The van der Waals surface area contributed by atoms with Gasteiger partial charge in [-0.15, -0.1) is 0 Å². The molecule has 0 unspecified atom stereocenters. The molecule has 10 rings (SSSR count). The molecule has 1 N–H and O–H groups in total. The average Bonchev–Trinajstić information content (AvgIpc) is 3.73. The van der Waals surface area contributed by atoms with E-state index in [9.17, 15) is 27.2 Å². The van der Waals surface area contributed by atoms with Gasteiger partial charge in [-0.1, -0.05) is 35.9 Å². The molecule has 0 aliphatic carbocycles. The second-order valence-electron chi connectivity index (χ2n) is 16.4. The van der Waals surface area contributed by atoms with Crippen molar-refractivity contribution in [2.75, 3.05) is 44.3 Å². The number of ether oxygens (including phenoxy) is 3. The number of benzene rings is 3. The lowest BCUT2D eigenvalue weighted by Crippen LogP contribution is -2.57. The van der Waals surface area contributed by atoms with E-state index in [-0.39, 0.29) is 47.1 Å². The van der Waals surface area contributed by atoms with Crippen LogP contribution in [0.15, 0.2) is 54.7 Å². The lowest BCUT2D eigenvalue weighted by atomic mass is 9.91. The van der Waals surface area contributed by atoms with Gasteiger partial charge in [0, 0.05) is 37.8 Å². The van der Waals surface area contributed by atoms with E-state index in [1.54, 1.807) is 12.1 Å². The molecule has 0 radical (unpaired) electrons. The van der Waals surface area contributed by atoms with Crippen LogP contribution in [0.1, 0.15) is 66.9 Å². The number of amides is 1. The Hall–Kier alpha value is -5.35. The number of alkyl halides is 4.